The molecule has 1 saturated carbocycles. The molecular formula is C28H33N5O3. The Kier molecular flexibility index (Phi) is 8.01. The van der Waals surface area contributed by atoms with Gasteiger partial charge in [0.2, 0.25) is 5.95 Å². The molecule has 3 aromatic rings. The molecule has 4 rings (SSSR count). The van der Waals surface area contributed by atoms with Crippen LogP contribution >= 0.6 is 0 Å². The van der Waals surface area contributed by atoms with E-state index < -0.39 is 0 Å². The number of amides is 1. The molecule has 0 unspecified atom stereocenters. The normalized spacial score (nSPS) is 13.5. The molecule has 36 heavy (non-hydrogen) atoms. The lowest BCUT2D eigenvalue weighted by Gasteiger charge is -2.31. The summed E-state index contributed by atoms with van der Waals surface area (Å²) in [7, 11) is 5.09. The predicted molar refractivity (Wildman–Crippen MR) is 140 cm³/mol. The monoisotopic (exact) mass is 487 g/mol. The smallest absolute Gasteiger partial charge is 0.257 e. The van der Waals surface area contributed by atoms with Crippen molar-refractivity contribution < 1.29 is 15.7 Å². The summed E-state index contributed by atoms with van der Waals surface area (Å²) in [5.74, 6) is 1.66. The lowest BCUT2D eigenvalue weighted by Crippen LogP contribution is -2.38. The summed E-state index contributed by atoms with van der Waals surface area (Å²) < 4.78 is 11.0. The third kappa shape index (κ3) is 5.41. The van der Waals surface area contributed by atoms with Gasteiger partial charge in [0.1, 0.15) is 11.5 Å². The zero-order valence-corrected chi connectivity index (χ0v) is 21.0. The van der Waals surface area contributed by atoms with Crippen molar-refractivity contribution in [3.63, 3.8) is 0 Å². The Balaban J connectivity index is 0.00000380. The van der Waals surface area contributed by atoms with E-state index in [1.165, 1.54) is 6.42 Å². The van der Waals surface area contributed by atoms with Gasteiger partial charge in [-0.25, -0.2) is 9.97 Å². The maximum absolute atomic E-state index is 13.6. The van der Waals surface area contributed by atoms with E-state index >= 15 is 0 Å². The zero-order valence-electron chi connectivity index (χ0n) is 21.0. The van der Waals surface area contributed by atoms with Crippen LogP contribution in [-0.4, -0.2) is 48.1 Å². The highest BCUT2D eigenvalue weighted by atomic mass is 16.5. The number of ether oxygens (including phenoxy) is 2. The van der Waals surface area contributed by atoms with E-state index in [0.717, 1.165) is 36.8 Å². The van der Waals surface area contributed by atoms with Gasteiger partial charge in [0.15, 0.2) is 0 Å². The number of aromatic nitrogens is 2. The van der Waals surface area contributed by atoms with Gasteiger partial charge in [-0.05, 0) is 37.1 Å². The number of benzene rings is 2. The first-order valence-corrected chi connectivity index (χ1v) is 12.1. The average Bonchev–Trinajstić information content (AvgIpc) is 2.95. The second-order valence-electron chi connectivity index (χ2n) is 8.85. The fraction of sp³-hybridized carbons (Fsp3) is 0.357. The van der Waals surface area contributed by atoms with Crippen LogP contribution < -0.4 is 14.8 Å². The molecule has 8 nitrogen and oxygen atoms in total. The Labute approximate surface area is 213 Å². The number of anilines is 1. The molecule has 1 amide bonds. The van der Waals surface area contributed by atoms with Crippen molar-refractivity contribution in [2.75, 3.05) is 26.6 Å². The topological polar surface area (TPSA) is 100 Å². The van der Waals surface area contributed by atoms with Gasteiger partial charge in [0, 0.05) is 26.3 Å². The van der Waals surface area contributed by atoms with Gasteiger partial charge in [-0.15, -0.1) is 0 Å². The minimum absolute atomic E-state index is 0. The number of carbonyl (C=O) groups is 1. The molecule has 0 spiro atoms. The van der Waals surface area contributed by atoms with Crippen LogP contribution in [0.3, 0.4) is 0 Å². The first-order valence-electron chi connectivity index (χ1n) is 12.1. The Morgan fingerprint density at radius 3 is 2.39 bits per heavy atom. The Bertz CT molecular complexity index is 1230. The number of nitrogens with zero attached hydrogens (tertiary/aromatic N) is 4. The van der Waals surface area contributed by atoms with Crippen LogP contribution in [0.4, 0.5) is 5.95 Å². The van der Waals surface area contributed by atoms with E-state index in [1.54, 1.807) is 32.5 Å². The van der Waals surface area contributed by atoms with E-state index in [0.29, 0.717) is 40.8 Å². The zero-order chi connectivity index (χ0) is 25.5. The molecule has 1 aliphatic carbocycles. The van der Waals surface area contributed by atoms with E-state index in [1.807, 2.05) is 42.3 Å². The summed E-state index contributed by atoms with van der Waals surface area (Å²) in [6.07, 6.45) is 7.10. The molecule has 1 aliphatic rings. The highest BCUT2D eigenvalue weighted by molar-refractivity contribution is 5.99. The Hall–Kier alpha value is -4.12. The molecule has 1 heterocycles. The summed E-state index contributed by atoms with van der Waals surface area (Å²) in [5, 5.41) is 12.4. The number of carbonyl (C=O) groups excluding carboxylic acids is 1. The lowest BCUT2D eigenvalue weighted by atomic mass is 9.94. The molecule has 1 N–H and O–H groups in total. The first-order chi connectivity index (χ1) is 17.5. The summed E-state index contributed by atoms with van der Waals surface area (Å²) in [4.78, 5) is 24.6. The third-order valence-electron chi connectivity index (χ3n) is 6.70. The van der Waals surface area contributed by atoms with Crippen LogP contribution in [0.1, 0.15) is 55.0 Å². The largest absolute Gasteiger partial charge is 0.496 e. The van der Waals surface area contributed by atoms with Gasteiger partial charge >= 0.3 is 0 Å². The number of nitrogens with one attached hydrogen (secondary N) is 1. The van der Waals surface area contributed by atoms with Crippen molar-refractivity contribution in [2.24, 2.45) is 0 Å². The lowest BCUT2D eigenvalue weighted by molar-refractivity contribution is 0.0696. The Morgan fingerprint density at radius 2 is 1.78 bits per heavy atom. The first kappa shape index (κ1) is 25.0. The van der Waals surface area contributed by atoms with Crippen LogP contribution in [-0.2, 0) is 6.54 Å². The number of methoxy groups -OCH3 is 2. The third-order valence-corrected chi connectivity index (χ3v) is 6.70. The van der Waals surface area contributed by atoms with Gasteiger partial charge in [0.05, 0.1) is 49.2 Å². The molecule has 1 aromatic heterocycles. The summed E-state index contributed by atoms with van der Waals surface area (Å²) in [6.45, 7) is 0.370. The summed E-state index contributed by atoms with van der Waals surface area (Å²) in [5.41, 5.74) is 3.09. The van der Waals surface area contributed by atoms with Crippen molar-refractivity contribution in [1.82, 2.24) is 14.9 Å². The summed E-state index contributed by atoms with van der Waals surface area (Å²) in [6, 6.07) is 15.0. The highest BCUT2D eigenvalue weighted by Crippen LogP contribution is 2.30. The quantitative estimate of drug-likeness (QED) is 0.460. The molecule has 0 bridgehead atoms. The number of hydrogen-bond acceptors (Lipinski definition) is 7. The fourth-order valence-corrected chi connectivity index (χ4v) is 4.64. The van der Waals surface area contributed by atoms with Gasteiger partial charge in [-0.3, -0.25) is 4.79 Å². The van der Waals surface area contributed by atoms with Crippen molar-refractivity contribution in [2.45, 2.75) is 44.7 Å². The number of nitriles is 1. The second kappa shape index (κ2) is 11.5. The van der Waals surface area contributed by atoms with Crippen LogP contribution in [0.15, 0.2) is 48.7 Å². The van der Waals surface area contributed by atoms with Gasteiger partial charge in [0.25, 0.3) is 5.91 Å². The molecular weight excluding hydrogens is 454 g/mol. The van der Waals surface area contributed by atoms with E-state index in [4.69, 9.17) is 14.5 Å². The maximum Gasteiger partial charge on any atom is 0.257 e. The predicted octanol–water partition coefficient (Wildman–Crippen LogP) is 5.30. The van der Waals surface area contributed by atoms with Crippen molar-refractivity contribution in [3.8, 4) is 28.8 Å². The molecule has 1 fully saturated rings. The van der Waals surface area contributed by atoms with Crippen molar-refractivity contribution in [3.05, 3.63) is 65.4 Å². The fourth-order valence-electron chi connectivity index (χ4n) is 4.64. The van der Waals surface area contributed by atoms with Crippen molar-refractivity contribution in [1.29, 1.82) is 5.26 Å². The van der Waals surface area contributed by atoms with Crippen LogP contribution in [0, 0.1) is 11.3 Å². The highest BCUT2D eigenvalue weighted by Gasteiger charge is 2.26. The number of rotatable bonds is 8. The molecule has 0 saturated heterocycles. The van der Waals surface area contributed by atoms with Crippen LogP contribution in [0.5, 0.6) is 11.5 Å². The standard InChI is InChI=1S/C28H31N5O3.H2/c1-33(21-8-5-4-6-9-21)27(34)23-18-31-28(32-26(23)20-14-12-19(16-29)13-15-20)30-17-22-24(35-2)10-7-11-25(22)36-3;/h7,10-15,18,21H,4-6,8-9,17H2,1-3H3,(H,30,31,32);1H. The Morgan fingerprint density at radius 1 is 1.11 bits per heavy atom. The van der Waals surface area contributed by atoms with Crippen LogP contribution in [0.2, 0.25) is 0 Å². The van der Waals surface area contributed by atoms with Gasteiger partial charge < -0.3 is 19.7 Å². The minimum atomic E-state index is -0.0980. The van der Waals surface area contributed by atoms with Gasteiger partial charge in [-0.2, -0.15) is 5.26 Å². The molecule has 0 atom stereocenters. The molecule has 188 valence electrons. The number of hydrogen-bond donors (Lipinski definition) is 1. The van der Waals surface area contributed by atoms with Gasteiger partial charge in [-0.1, -0.05) is 37.5 Å². The molecule has 0 radical (unpaired) electrons. The van der Waals surface area contributed by atoms with E-state index in [9.17, 15) is 10.1 Å². The molecule has 2 aromatic carbocycles. The molecule has 8 heteroatoms. The second-order valence-corrected chi connectivity index (χ2v) is 8.85. The SMILES string of the molecule is COc1cccc(OC)c1CNc1ncc(C(=O)N(C)C2CCCCC2)c(-c2ccc(C#N)cc2)n1.[HH]. The van der Waals surface area contributed by atoms with Crippen LogP contribution in [0.25, 0.3) is 11.3 Å². The average molecular weight is 488 g/mol. The maximum atomic E-state index is 13.6. The van der Waals surface area contributed by atoms with E-state index in [-0.39, 0.29) is 13.4 Å². The van der Waals surface area contributed by atoms with Crippen molar-refractivity contribution >= 4 is 11.9 Å². The minimum Gasteiger partial charge on any atom is -0.496 e. The molecule has 0 aliphatic heterocycles. The van der Waals surface area contributed by atoms with E-state index in [2.05, 4.69) is 16.4 Å². The summed E-state index contributed by atoms with van der Waals surface area (Å²) >= 11 is 0.